The van der Waals surface area contributed by atoms with Gasteiger partial charge in [-0.05, 0) is 38.5 Å². The van der Waals surface area contributed by atoms with E-state index in [-0.39, 0.29) is 32.2 Å². The molecular formula is C95H185NO8. The summed E-state index contributed by atoms with van der Waals surface area (Å²) in [6, 6.07) is 0. The number of nitrogens with zero attached hydrogens (tertiary/aromatic N) is 1. The van der Waals surface area contributed by atoms with Crippen molar-refractivity contribution in [2.75, 3.05) is 47.5 Å². The Morgan fingerprint density at radius 1 is 0.279 bits per heavy atom. The number of hydrogen-bond donors (Lipinski definition) is 0. The van der Waals surface area contributed by atoms with Crippen molar-refractivity contribution in [2.24, 2.45) is 0 Å². The fourth-order valence-electron chi connectivity index (χ4n) is 15.1. The number of carbonyl (C=O) groups excluding carboxylic acids is 3. The summed E-state index contributed by atoms with van der Waals surface area (Å²) in [5.74, 6) is -2.24. The second-order valence-corrected chi connectivity index (χ2v) is 34.0. The standard InChI is InChI=1S/C95H185NO8/c1-6-8-10-12-14-16-18-20-22-24-26-28-30-32-34-36-38-40-42-44-46-47-48-50-52-54-56-58-60-62-64-66-68-70-72-74-76-78-80-82-84-86-93(98)104-91(90-103-95(94(99)100)101-88-87-96(3,4)5)89-102-92(97)85-83-81-79-77-75-73-71-69-67-65-63-61-59-57-55-53-51-49-45-43-41-39-37-35-33-31-29-27-25-23-21-19-17-15-13-11-9-7-2/h24,26,91,95H,6-23,25,27-90H2,1-5H3/b26-24-. The van der Waals surface area contributed by atoms with Crippen LogP contribution in [0.4, 0.5) is 0 Å². The smallest absolute Gasteiger partial charge is 0.306 e. The maximum absolute atomic E-state index is 13.0. The van der Waals surface area contributed by atoms with Crippen LogP contribution in [0.25, 0.3) is 0 Å². The van der Waals surface area contributed by atoms with Gasteiger partial charge in [-0.3, -0.25) is 9.59 Å². The minimum Gasteiger partial charge on any atom is -0.545 e. The topological polar surface area (TPSA) is 111 Å². The van der Waals surface area contributed by atoms with Gasteiger partial charge in [-0.1, -0.05) is 482 Å². The highest BCUT2D eigenvalue weighted by Crippen LogP contribution is 2.22. The maximum atomic E-state index is 13.0. The number of likely N-dealkylation sites (N-methyl/N-ethyl adjacent to an activating group) is 1. The third kappa shape index (κ3) is 87.3. The Labute approximate surface area is 650 Å². The van der Waals surface area contributed by atoms with Crippen molar-refractivity contribution in [3.8, 4) is 0 Å². The van der Waals surface area contributed by atoms with Crippen molar-refractivity contribution in [1.29, 1.82) is 0 Å². The van der Waals surface area contributed by atoms with Gasteiger partial charge < -0.3 is 33.3 Å². The number of allylic oxidation sites excluding steroid dienone is 2. The normalized spacial score (nSPS) is 12.5. The molecule has 104 heavy (non-hydrogen) atoms. The van der Waals surface area contributed by atoms with E-state index in [1.54, 1.807) is 0 Å². The summed E-state index contributed by atoms with van der Waals surface area (Å²) < 4.78 is 23.0. The van der Waals surface area contributed by atoms with Crippen molar-refractivity contribution in [3.05, 3.63) is 12.2 Å². The maximum Gasteiger partial charge on any atom is 0.306 e. The number of carboxylic acid groups (broad SMARTS) is 1. The third-order valence-corrected chi connectivity index (χ3v) is 22.3. The molecule has 0 amide bonds. The summed E-state index contributed by atoms with van der Waals surface area (Å²) in [6.07, 6.45) is 109. The van der Waals surface area contributed by atoms with E-state index in [2.05, 4.69) is 26.0 Å². The molecule has 0 aliphatic heterocycles. The van der Waals surface area contributed by atoms with Crippen molar-refractivity contribution < 1.29 is 42.9 Å². The second-order valence-electron chi connectivity index (χ2n) is 34.0. The molecule has 0 aromatic heterocycles. The summed E-state index contributed by atoms with van der Waals surface area (Å²) in [7, 11) is 5.97. The molecule has 0 fully saturated rings. The predicted molar refractivity (Wildman–Crippen MR) is 450 cm³/mol. The molecule has 0 heterocycles. The number of hydrogen-bond acceptors (Lipinski definition) is 8. The van der Waals surface area contributed by atoms with Crippen LogP contribution in [-0.2, 0) is 33.3 Å². The molecule has 0 saturated carbocycles. The molecule has 0 saturated heterocycles. The number of rotatable bonds is 91. The van der Waals surface area contributed by atoms with Crippen molar-refractivity contribution in [3.63, 3.8) is 0 Å². The van der Waals surface area contributed by atoms with Gasteiger partial charge in [0.25, 0.3) is 0 Å². The average Bonchev–Trinajstić information content (AvgIpc) is 0.971. The lowest BCUT2D eigenvalue weighted by atomic mass is 10.0. The minimum absolute atomic E-state index is 0.153. The number of quaternary nitrogens is 1. The summed E-state index contributed by atoms with van der Waals surface area (Å²) in [5.41, 5.74) is 0. The highest BCUT2D eigenvalue weighted by molar-refractivity contribution is 5.70. The van der Waals surface area contributed by atoms with E-state index in [4.69, 9.17) is 18.9 Å². The highest BCUT2D eigenvalue weighted by atomic mass is 16.7. The molecule has 0 aromatic rings. The van der Waals surface area contributed by atoms with Crippen LogP contribution in [0.2, 0.25) is 0 Å². The zero-order chi connectivity index (χ0) is 75.3. The molecule has 0 spiro atoms. The number of carboxylic acids is 1. The van der Waals surface area contributed by atoms with E-state index >= 15 is 0 Å². The Balaban J connectivity index is 3.85. The zero-order valence-electron chi connectivity index (χ0n) is 71.2. The molecule has 0 aliphatic rings. The van der Waals surface area contributed by atoms with Gasteiger partial charge >= 0.3 is 11.9 Å². The lowest BCUT2D eigenvalue weighted by molar-refractivity contribution is -0.870. The fourth-order valence-corrected chi connectivity index (χ4v) is 15.1. The molecule has 0 radical (unpaired) electrons. The van der Waals surface area contributed by atoms with Gasteiger partial charge in [0.2, 0.25) is 0 Å². The Morgan fingerprint density at radius 3 is 0.712 bits per heavy atom. The van der Waals surface area contributed by atoms with Crippen LogP contribution in [-0.4, -0.2) is 82.3 Å². The van der Waals surface area contributed by atoms with E-state index in [0.29, 0.717) is 17.4 Å². The van der Waals surface area contributed by atoms with Crippen molar-refractivity contribution in [2.45, 2.75) is 533 Å². The molecule has 0 bridgehead atoms. The first-order valence-electron chi connectivity index (χ1n) is 47.3. The lowest BCUT2D eigenvalue weighted by Crippen LogP contribution is -2.44. The van der Waals surface area contributed by atoms with Gasteiger partial charge in [-0.2, -0.15) is 0 Å². The van der Waals surface area contributed by atoms with Crippen molar-refractivity contribution >= 4 is 17.9 Å². The number of carbonyl (C=O) groups is 3. The zero-order valence-corrected chi connectivity index (χ0v) is 71.2. The van der Waals surface area contributed by atoms with Crippen LogP contribution in [0.3, 0.4) is 0 Å². The number of esters is 2. The number of unbranched alkanes of at least 4 members (excludes halogenated alkanes) is 74. The van der Waals surface area contributed by atoms with Gasteiger partial charge in [-0.15, -0.1) is 0 Å². The molecule has 0 aromatic carbocycles. The molecule has 0 aliphatic carbocycles. The summed E-state index contributed by atoms with van der Waals surface area (Å²) in [4.78, 5) is 37.7. The minimum atomic E-state index is -1.62. The van der Waals surface area contributed by atoms with Crippen LogP contribution in [0.15, 0.2) is 12.2 Å². The van der Waals surface area contributed by atoms with Gasteiger partial charge in [0.15, 0.2) is 12.4 Å². The van der Waals surface area contributed by atoms with Crippen LogP contribution in [0.1, 0.15) is 521 Å². The largest absolute Gasteiger partial charge is 0.545 e. The fraction of sp³-hybridized carbons (Fsp3) is 0.947. The molecular weight excluding hydrogens is 1280 g/mol. The molecule has 0 N–H and O–H groups in total. The summed E-state index contributed by atoms with van der Waals surface area (Å²) in [5, 5.41) is 11.9. The summed E-state index contributed by atoms with van der Waals surface area (Å²) in [6.45, 7) is 4.86. The van der Waals surface area contributed by atoms with Crippen molar-refractivity contribution in [1.82, 2.24) is 0 Å². The molecule has 0 rings (SSSR count). The quantitative estimate of drug-likeness (QED) is 0.0195. The highest BCUT2D eigenvalue weighted by Gasteiger charge is 2.22. The Morgan fingerprint density at radius 2 is 0.490 bits per heavy atom. The van der Waals surface area contributed by atoms with E-state index in [0.717, 1.165) is 38.5 Å². The van der Waals surface area contributed by atoms with Crippen LogP contribution in [0.5, 0.6) is 0 Å². The van der Waals surface area contributed by atoms with E-state index in [1.165, 1.54) is 456 Å². The van der Waals surface area contributed by atoms with Gasteiger partial charge in [0.1, 0.15) is 13.2 Å². The first kappa shape index (κ1) is 102. The van der Waals surface area contributed by atoms with Gasteiger partial charge in [0.05, 0.1) is 40.3 Å². The van der Waals surface area contributed by atoms with Crippen LogP contribution < -0.4 is 5.11 Å². The van der Waals surface area contributed by atoms with E-state index < -0.39 is 24.3 Å². The van der Waals surface area contributed by atoms with Gasteiger partial charge in [0, 0.05) is 12.8 Å². The second kappa shape index (κ2) is 86.6. The molecule has 618 valence electrons. The molecule has 2 unspecified atom stereocenters. The third-order valence-electron chi connectivity index (χ3n) is 22.3. The lowest BCUT2D eigenvalue weighted by Gasteiger charge is -2.26. The summed E-state index contributed by atoms with van der Waals surface area (Å²) >= 11 is 0. The van der Waals surface area contributed by atoms with Crippen LogP contribution >= 0.6 is 0 Å². The molecule has 2 atom stereocenters. The number of aliphatic carboxylic acids is 1. The Kier molecular flexibility index (Phi) is 85.0. The van der Waals surface area contributed by atoms with E-state index in [1.807, 2.05) is 21.1 Å². The van der Waals surface area contributed by atoms with Crippen LogP contribution in [0, 0.1) is 0 Å². The molecule has 9 heteroatoms. The number of ether oxygens (including phenoxy) is 4. The first-order valence-corrected chi connectivity index (χ1v) is 47.3. The molecule has 9 nitrogen and oxygen atoms in total. The Hall–Kier alpha value is -1.97. The van der Waals surface area contributed by atoms with Gasteiger partial charge in [-0.25, -0.2) is 0 Å². The van der Waals surface area contributed by atoms with E-state index in [9.17, 15) is 19.5 Å². The first-order chi connectivity index (χ1) is 51.1. The Bertz CT molecular complexity index is 1710. The average molecular weight is 1470 g/mol. The monoisotopic (exact) mass is 1470 g/mol. The SMILES string of the molecule is CCCCCCCCCC/C=C\CCCCCCCCCCCCCCCCCCCCCCCCCCCCCCCC(=O)OC(COC(=O)CCCCCCCCCCCCCCCCCCCCCCCCCCCCCCCCCCCCCCCC)COC(OCC[N+](C)(C)C)C(=O)[O-]. The predicted octanol–water partition coefficient (Wildman–Crippen LogP) is 29.7.